The fourth-order valence-electron chi connectivity index (χ4n) is 1.42. The van der Waals surface area contributed by atoms with E-state index in [-0.39, 0.29) is 0 Å². The molecule has 0 spiro atoms. The molecule has 0 aromatic rings. The van der Waals surface area contributed by atoms with Crippen LogP contribution in [0.15, 0.2) is 0 Å². The minimum Gasteiger partial charge on any atom is -0.396 e. The first kappa shape index (κ1) is 13.9. The molecule has 1 aliphatic rings. The summed E-state index contributed by atoms with van der Waals surface area (Å²) >= 11 is 0. The molecule has 1 N–H and O–H groups in total. The summed E-state index contributed by atoms with van der Waals surface area (Å²) < 4.78 is 4.50. The Kier molecular flexibility index (Phi) is 10.9. The second kappa shape index (κ2) is 11.0. The summed E-state index contributed by atoms with van der Waals surface area (Å²) in [5.74, 6) is 0.576. The van der Waals surface area contributed by atoms with Gasteiger partial charge in [0.05, 0.1) is 13.2 Å². The molecule has 1 heterocycles. The van der Waals surface area contributed by atoms with E-state index in [1.807, 2.05) is 0 Å². The van der Waals surface area contributed by atoms with Gasteiger partial charge in [-0.2, -0.15) is 0 Å². The quantitative estimate of drug-likeness (QED) is 0.508. The summed E-state index contributed by atoms with van der Waals surface area (Å²) in [6.45, 7) is 6.79. The zero-order chi connectivity index (χ0) is 10.6. The van der Waals surface area contributed by atoms with Gasteiger partial charge in [0.2, 0.25) is 0 Å². The van der Waals surface area contributed by atoms with Crippen LogP contribution in [0, 0.1) is 5.92 Å². The number of aliphatic hydroxyl groups excluding tert-OH is 1. The Morgan fingerprint density at radius 2 is 1.71 bits per heavy atom. The average Bonchev–Trinajstić information content (AvgIpc) is 3.03. The molecule has 1 fully saturated rings. The molecule has 14 heavy (non-hydrogen) atoms. The average molecular weight is 202 g/mol. The molecule has 1 unspecified atom stereocenters. The highest BCUT2D eigenvalue weighted by Gasteiger charge is 2.04. The van der Waals surface area contributed by atoms with E-state index < -0.39 is 0 Å². The number of unbranched alkanes of at least 4 members (excludes halogenated alkanes) is 2. The van der Waals surface area contributed by atoms with Crippen molar-refractivity contribution in [1.29, 1.82) is 0 Å². The van der Waals surface area contributed by atoms with Gasteiger partial charge in [0.25, 0.3) is 0 Å². The highest BCUT2D eigenvalue weighted by atomic mass is 16.6. The normalized spacial score (nSPS) is 15.6. The molecule has 0 bridgehead atoms. The maximum Gasteiger partial charge on any atom is 0.0701 e. The molecule has 0 aromatic carbocycles. The van der Waals surface area contributed by atoms with Gasteiger partial charge in [0.1, 0.15) is 0 Å². The van der Waals surface area contributed by atoms with Crippen molar-refractivity contribution >= 4 is 0 Å². The zero-order valence-corrected chi connectivity index (χ0v) is 9.80. The summed E-state index contributed by atoms with van der Waals surface area (Å²) in [5.41, 5.74) is 0. The fraction of sp³-hybridized carbons (Fsp3) is 1.00. The third-order valence-corrected chi connectivity index (χ3v) is 2.38. The molecule has 1 rings (SSSR count). The van der Waals surface area contributed by atoms with Crippen LogP contribution in [0.5, 0.6) is 0 Å². The topological polar surface area (TPSA) is 32.8 Å². The number of epoxide rings is 1. The lowest BCUT2D eigenvalue weighted by Crippen LogP contribution is -2.05. The van der Waals surface area contributed by atoms with Crippen LogP contribution in [0.1, 0.15) is 52.4 Å². The predicted octanol–water partition coefficient (Wildman–Crippen LogP) is 2.99. The lowest BCUT2D eigenvalue weighted by Gasteiger charge is -2.11. The van der Waals surface area contributed by atoms with E-state index in [1.165, 1.54) is 38.5 Å². The maximum atomic E-state index is 8.96. The lowest BCUT2D eigenvalue weighted by molar-refractivity contribution is 0.207. The van der Waals surface area contributed by atoms with E-state index >= 15 is 0 Å². The maximum absolute atomic E-state index is 8.96. The van der Waals surface area contributed by atoms with Gasteiger partial charge in [-0.1, -0.05) is 39.5 Å². The molecule has 86 valence electrons. The lowest BCUT2D eigenvalue weighted by atomic mass is 9.98. The number of hydrogen-bond donors (Lipinski definition) is 1. The largest absolute Gasteiger partial charge is 0.396 e. The molecular weight excluding hydrogens is 176 g/mol. The molecule has 0 saturated carbocycles. The van der Waals surface area contributed by atoms with Crippen molar-refractivity contribution in [3.05, 3.63) is 0 Å². The van der Waals surface area contributed by atoms with E-state index in [9.17, 15) is 0 Å². The van der Waals surface area contributed by atoms with Crippen molar-refractivity contribution in [2.24, 2.45) is 5.92 Å². The Morgan fingerprint density at radius 3 is 2.07 bits per heavy atom. The SMILES string of the molecule is C1CO1.CCCCCC(CO)CCC. The van der Waals surface area contributed by atoms with E-state index in [4.69, 9.17) is 5.11 Å². The Balaban J connectivity index is 0.000000469. The monoisotopic (exact) mass is 202 g/mol. The molecule has 1 atom stereocenters. The molecular formula is C12H26O2. The second-order valence-electron chi connectivity index (χ2n) is 3.95. The van der Waals surface area contributed by atoms with Gasteiger partial charge in [-0.3, -0.25) is 0 Å². The first-order chi connectivity index (χ1) is 6.85. The summed E-state index contributed by atoms with van der Waals surface area (Å²) in [6, 6.07) is 0. The molecule has 2 heteroatoms. The van der Waals surface area contributed by atoms with Crippen LogP contribution in [-0.4, -0.2) is 24.9 Å². The highest BCUT2D eigenvalue weighted by molar-refractivity contribution is 4.56. The van der Waals surface area contributed by atoms with Crippen molar-refractivity contribution in [2.45, 2.75) is 52.4 Å². The number of hydrogen-bond acceptors (Lipinski definition) is 2. The first-order valence-corrected chi connectivity index (χ1v) is 6.03. The molecule has 0 aliphatic carbocycles. The van der Waals surface area contributed by atoms with Crippen molar-refractivity contribution in [3.8, 4) is 0 Å². The van der Waals surface area contributed by atoms with Gasteiger partial charge >= 0.3 is 0 Å². The summed E-state index contributed by atoms with van der Waals surface area (Å²) in [5, 5.41) is 8.96. The van der Waals surface area contributed by atoms with Gasteiger partial charge in [-0.15, -0.1) is 0 Å². The Hall–Kier alpha value is -0.0800. The smallest absolute Gasteiger partial charge is 0.0701 e. The molecule has 0 radical (unpaired) electrons. The van der Waals surface area contributed by atoms with E-state index in [2.05, 4.69) is 18.6 Å². The van der Waals surface area contributed by atoms with Crippen LogP contribution < -0.4 is 0 Å². The summed E-state index contributed by atoms with van der Waals surface area (Å²) in [4.78, 5) is 0. The third-order valence-electron chi connectivity index (χ3n) is 2.38. The van der Waals surface area contributed by atoms with Crippen LogP contribution in [-0.2, 0) is 4.74 Å². The summed E-state index contributed by atoms with van der Waals surface area (Å²) in [6.07, 6.45) is 7.52. The van der Waals surface area contributed by atoms with Gasteiger partial charge in [-0.25, -0.2) is 0 Å². The van der Waals surface area contributed by atoms with E-state index in [1.54, 1.807) is 0 Å². The minimum absolute atomic E-state index is 0.386. The van der Waals surface area contributed by atoms with Gasteiger partial charge in [0, 0.05) is 6.61 Å². The van der Waals surface area contributed by atoms with Crippen molar-refractivity contribution in [1.82, 2.24) is 0 Å². The second-order valence-corrected chi connectivity index (χ2v) is 3.95. The first-order valence-electron chi connectivity index (χ1n) is 6.03. The number of rotatable bonds is 7. The summed E-state index contributed by atoms with van der Waals surface area (Å²) in [7, 11) is 0. The zero-order valence-electron chi connectivity index (χ0n) is 9.80. The Morgan fingerprint density at radius 1 is 1.07 bits per heavy atom. The van der Waals surface area contributed by atoms with Crippen molar-refractivity contribution < 1.29 is 9.84 Å². The Bertz CT molecular complexity index is 99.7. The van der Waals surface area contributed by atoms with Gasteiger partial charge < -0.3 is 9.84 Å². The predicted molar refractivity (Wildman–Crippen MR) is 60.4 cm³/mol. The van der Waals surface area contributed by atoms with Crippen LogP contribution in [0.3, 0.4) is 0 Å². The van der Waals surface area contributed by atoms with Crippen LogP contribution >= 0.6 is 0 Å². The van der Waals surface area contributed by atoms with Crippen molar-refractivity contribution in [2.75, 3.05) is 19.8 Å². The number of aliphatic hydroxyl groups is 1. The molecule has 1 saturated heterocycles. The van der Waals surface area contributed by atoms with E-state index in [0.717, 1.165) is 13.2 Å². The third kappa shape index (κ3) is 11.9. The highest BCUT2D eigenvalue weighted by Crippen LogP contribution is 2.14. The van der Waals surface area contributed by atoms with E-state index in [0.29, 0.717) is 12.5 Å². The van der Waals surface area contributed by atoms with Crippen LogP contribution in [0.25, 0.3) is 0 Å². The minimum atomic E-state index is 0.386. The standard InChI is InChI=1S/C10H22O.C2H4O/c1-3-5-6-8-10(9-11)7-4-2;1-2-3-1/h10-11H,3-9H2,1-2H3;1-2H2. The van der Waals surface area contributed by atoms with Crippen LogP contribution in [0.2, 0.25) is 0 Å². The molecule has 0 aromatic heterocycles. The van der Waals surface area contributed by atoms with Gasteiger partial charge in [-0.05, 0) is 18.8 Å². The Labute approximate surface area is 88.7 Å². The molecule has 0 amide bonds. The number of ether oxygens (including phenoxy) is 1. The van der Waals surface area contributed by atoms with Crippen molar-refractivity contribution in [3.63, 3.8) is 0 Å². The van der Waals surface area contributed by atoms with Gasteiger partial charge in [0.15, 0.2) is 0 Å². The van der Waals surface area contributed by atoms with Crippen LogP contribution in [0.4, 0.5) is 0 Å². The molecule has 2 nitrogen and oxygen atoms in total. The molecule has 1 aliphatic heterocycles. The fourth-order valence-corrected chi connectivity index (χ4v) is 1.42.